The smallest absolute Gasteiger partial charge is 0.240 e. The number of amides is 1. The average Bonchev–Trinajstić information content (AvgIpc) is 2.58. The van der Waals surface area contributed by atoms with Gasteiger partial charge in [-0.1, -0.05) is 29.3 Å². The van der Waals surface area contributed by atoms with Gasteiger partial charge in [0.25, 0.3) is 0 Å². The lowest BCUT2D eigenvalue weighted by Gasteiger charge is -2.21. The summed E-state index contributed by atoms with van der Waals surface area (Å²) in [4.78, 5) is 13.3. The lowest BCUT2D eigenvalue weighted by Crippen LogP contribution is -2.41. The Bertz CT molecular complexity index is 838. The Morgan fingerprint density at radius 1 is 1.12 bits per heavy atom. The average molecular weight is 413 g/mol. The summed E-state index contributed by atoms with van der Waals surface area (Å²) in [7, 11) is -3.58. The number of carbonyl (C=O) groups is 1. The summed E-state index contributed by atoms with van der Waals surface area (Å²) in [6.45, 7) is 2.22. The molecule has 0 spiro atoms. The summed E-state index contributed by atoms with van der Waals surface area (Å²) in [6.07, 6.45) is 1.07. The Morgan fingerprint density at radius 2 is 1.73 bits per heavy atom. The first kappa shape index (κ1) is 20.6. The molecule has 2 aromatic carbocycles. The number of rotatable bonds is 8. The first-order chi connectivity index (χ1) is 12.3. The third-order valence-electron chi connectivity index (χ3n) is 3.52. The molecule has 1 amide bonds. The number of benzene rings is 2. The Labute approximate surface area is 163 Å². The quantitative estimate of drug-likeness (QED) is 0.533. The molecule has 0 bridgehead atoms. The minimum absolute atomic E-state index is 0.268. The molecule has 0 fully saturated rings. The third kappa shape index (κ3) is 6.55. The molecule has 0 aromatic heterocycles. The molecule has 0 aliphatic heterocycles. The van der Waals surface area contributed by atoms with Crippen LogP contribution in [0.3, 0.4) is 0 Å². The van der Waals surface area contributed by atoms with E-state index >= 15 is 0 Å². The van der Waals surface area contributed by atoms with Crippen LogP contribution in [-0.4, -0.2) is 39.4 Å². The van der Waals surface area contributed by atoms with E-state index in [0.29, 0.717) is 23.0 Å². The van der Waals surface area contributed by atoms with Crippen LogP contribution in [0.2, 0.25) is 5.02 Å². The molecule has 26 heavy (non-hydrogen) atoms. The summed E-state index contributed by atoms with van der Waals surface area (Å²) in [5.41, 5.74) is 1.60. The Balaban J connectivity index is 1.87. The molecule has 0 atom stereocenters. The van der Waals surface area contributed by atoms with Crippen molar-refractivity contribution in [2.75, 3.05) is 29.4 Å². The highest BCUT2D eigenvalue weighted by Crippen LogP contribution is 2.20. The van der Waals surface area contributed by atoms with Crippen LogP contribution in [0.5, 0.6) is 0 Å². The number of sulfonamides is 1. The van der Waals surface area contributed by atoms with Crippen LogP contribution in [-0.2, 0) is 14.8 Å². The van der Waals surface area contributed by atoms with Crippen LogP contribution < -0.4 is 9.62 Å². The number of aryl methyl sites for hydroxylation is 1. The highest BCUT2D eigenvalue weighted by molar-refractivity contribution is 7.99. The van der Waals surface area contributed by atoms with Gasteiger partial charge < -0.3 is 5.32 Å². The van der Waals surface area contributed by atoms with Crippen molar-refractivity contribution in [3.8, 4) is 0 Å². The molecule has 0 aliphatic rings. The highest BCUT2D eigenvalue weighted by Gasteiger charge is 2.20. The predicted molar refractivity (Wildman–Crippen MR) is 109 cm³/mol. The molecule has 8 heteroatoms. The van der Waals surface area contributed by atoms with Crippen LogP contribution in [0.4, 0.5) is 5.69 Å². The molecule has 0 radical (unpaired) electrons. The van der Waals surface area contributed by atoms with Gasteiger partial charge >= 0.3 is 0 Å². The van der Waals surface area contributed by atoms with Crippen molar-refractivity contribution in [3.63, 3.8) is 0 Å². The molecule has 1 N–H and O–H groups in total. The first-order valence-corrected chi connectivity index (χ1v) is 11.2. The molecule has 0 saturated heterocycles. The molecule has 0 saturated carbocycles. The van der Waals surface area contributed by atoms with Crippen molar-refractivity contribution >= 4 is 45.0 Å². The van der Waals surface area contributed by atoms with E-state index in [-0.39, 0.29) is 12.5 Å². The van der Waals surface area contributed by atoms with Gasteiger partial charge in [-0.25, -0.2) is 8.42 Å². The van der Waals surface area contributed by atoms with Crippen LogP contribution in [0.1, 0.15) is 5.56 Å². The molecular weight excluding hydrogens is 392 g/mol. The molecule has 0 aliphatic carbocycles. The predicted octanol–water partition coefficient (Wildman–Crippen LogP) is 3.32. The minimum atomic E-state index is -3.58. The van der Waals surface area contributed by atoms with E-state index in [1.807, 2.05) is 31.2 Å². The highest BCUT2D eigenvalue weighted by atomic mass is 35.5. The van der Waals surface area contributed by atoms with Crippen LogP contribution in [0.25, 0.3) is 0 Å². The topological polar surface area (TPSA) is 66.5 Å². The summed E-state index contributed by atoms with van der Waals surface area (Å²) >= 11 is 7.46. The second kappa shape index (κ2) is 9.30. The Kier molecular flexibility index (Phi) is 7.37. The van der Waals surface area contributed by atoms with Gasteiger partial charge in [-0.2, -0.15) is 0 Å². The minimum Gasteiger partial charge on any atom is -0.354 e. The Morgan fingerprint density at radius 3 is 2.31 bits per heavy atom. The fourth-order valence-electron chi connectivity index (χ4n) is 2.19. The van der Waals surface area contributed by atoms with Crippen LogP contribution >= 0.6 is 23.4 Å². The number of halogens is 1. The van der Waals surface area contributed by atoms with E-state index < -0.39 is 10.0 Å². The van der Waals surface area contributed by atoms with Crippen molar-refractivity contribution in [1.82, 2.24) is 5.32 Å². The fraction of sp³-hybridized carbons (Fsp3) is 0.278. The zero-order valence-corrected chi connectivity index (χ0v) is 17.0. The van der Waals surface area contributed by atoms with Gasteiger partial charge in [0.05, 0.1) is 11.9 Å². The summed E-state index contributed by atoms with van der Waals surface area (Å²) in [5, 5.41) is 3.26. The summed E-state index contributed by atoms with van der Waals surface area (Å²) in [5.74, 6) is 0.351. The molecule has 2 aromatic rings. The molecule has 5 nitrogen and oxygen atoms in total. The second-order valence-corrected chi connectivity index (χ2v) is 9.27. The number of carbonyl (C=O) groups excluding carboxylic acids is 1. The van der Waals surface area contributed by atoms with E-state index in [4.69, 9.17) is 11.6 Å². The second-order valence-electron chi connectivity index (χ2n) is 5.76. The third-order valence-corrected chi connectivity index (χ3v) is 5.92. The number of nitrogens with one attached hydrogen (secondary N) is 1. The van der Waals surface area contributed by atoms with Crippen molar-refractivity contribution in [2.24, 2.45) is 0 Å². The standard InChI is InChI=1S/C18H21ClN2O3S2/c1-14-3-9-17(10-4-14)25-12-11-20-18(22)13-21(26(2,23)24)16-7-5-15(19)6-8-16/h3-10H,11-13H2,1-2H3,(H,20,22). The first-order valence-electron chi connectivity index (χ1n) is 7.95. The lowest BCUT2D eigenvalue weighted by molar-refractivity contribution is -0.119. The molecule has 0 unspecified atom stereocenters. The SMILES string of the molecule is Cc1ccc(SCCNC(=O)CN(c2ccc(Cl)cc2)S(C)(=O)=O)cc1. The van der Waals surface area contributed by atoms with Crippen LogP contribution in [0.15, 0.2) is 53.4 Å². The number of thioether (sulfide) groups is 1. The van der Waals surface area contributed by atoms with E-state index in [0.717, 1.165) is 15.5 Å². The maximum Gasteiger partial charge on any atom is 0.240 e. The van der Waals surface area contributed by atoms with Crippen molar-refractivity contribution in [2.45, 2.75) is 11.8 Å². The van der Waals surface area contributed by atoms with Gasteiger partial charge in [-0.05, 0) is 43.3 Å². The number of hydrogen-bond acceptors (Lipinski definition) is 4. The number of anilines is 1. The number of nitrogens with zero attached hydrogens (tertiary/aromatic N) is 1. The molecular formula is C18H21ClN2O3S2. The summed E-state index contributed by atoms with van der Waals surface area (Å²) < 4.78 is 25.1. The Hall–Kier alpha value is -1.70. The van der Waals surface area contributed by atoms with Gasteiger partial charge in [0.1, 0.15) is 6.54 Å². The summed E-state index contributed by atoms with van der Waals surface area (Å²) in [6, 6.07) is 14.5. The maximum atomic E-state index is 12.1. The van der Waals surface area contributed by atoms with Crippen LogP contribution in [0, 0.1) is 6.92 Å². The van der Waals surface area contributed by atoms with Crippen molar-refractivity contribution in [3.05, 3.63) is 59.1 Å². The zero-order chi connectivity index (χ0) is 19.2. The molecule has 2 rings (SSSR count). The number of hydrogen-bond donors (Lipinski definition) is 1. The normalized spacial score (nSPS) is 11.2. The largest absolute Gasteiger partial charge is 0.354 e. The fourth-order valence-corrected chi connectivity index (χ4v) is 3.94. The zero-order valence-electron chi connectivity index (χ0n) is 14.6. The van der Waals surface area contributed by atoms with Gasteiger partial charge in [-0.3, -0.25) is 9.10 Å². The monoisotopic (exact) mass is 412 g/mol. The maximum absolute atomic E-state index is 12.1. The van der Waals surface area contributed by atoms with Crippen molar-refractivity contribution < 1.29 is 13.2 Å². The van der Waals surface area contributed by atoms with E-state index in [1.54, 1.807) is 36.0 Å². The van der Waals surface area contributed by atoms with E-state index in [9.17, 15) is 13.2 Å². The van der Waals surface area contributed by atoms with Gasteiger partial charge in [0.15, 0.2) is 0 Å². The van der Waals surface area contributed by atoms with Gasteiger partial charge in [0.2, 0.25) is 15.9 Å². The van der Waals surface area contributed by atoms with Gasteiger partial charge in [-0.15, -0.1) is 11.8 Å². The molecule has 0 heterocycles. The van der Waals surface area contributed by atoms with Crippen molar-refractivity contribution in [1.29, 1.82) is 0 Å². The lowest BCUT2D eigenvalue weighted by atomic mass is 10.2. The van der Waals surface area contributed by atoms with E-state index in [2.05, 4.69) is 5.32 Å². The molecule has 140 valence electrons. The van der Waals surface area contributed by atoms with E-state index in [1.165, 1.54) is 5.56 Å². The van der Waals surface area contributed by atoms with Gasteiger partial charge in [0, 0.05) is 22.2 Å².